The molecule has 27 heavy (non-hydrogen) atoms. The monoisotopic (exact) mass is 400 g/mol. The summed E-state index contributed by atoms with van der Waals surface area (Å²) in [6, 6.07) is 17.5. The van der Waals surface area contributed by atoms with Gasteiger partial charge in [-0.15, -0.1) is 11.3 Å². The Balaban J connectivity index is 1.48. The van der Waals surface area contributed by atoms with E-state index in [1.165, 1.54) is 23.1 Å². The van der Waals surface area contributed by atoms with E-state index in [4.69, 9.17) is 4.74 Å². The van der Waals surface area contributed by atoms with Crippen LogP contribution in [0.15, 0.2) is 58.9 Å². The molecule has 0 aliphatic carbocycles. The number of hydrogen-bond donors (Lipinski definition) is 0. The number of rotatable bonds is 7. The molecule has 0 spiro atoms. The van der Waals surface area contributed by atoms with E-state index in [1.54, 1.807) is 18.9 Å². The van der Waals surface area contributed by atoms with Crippen molar-refractivity contribution < 1.29 is 14.3 Å². The summed E-state index contributed by atoms with van der Waals surface area (Å²) in [5.74, 6) is -0.523. The minimum absolute atomic E-state index is 0.125. The van der Waals surface area contributed by atoms with Gasteiger partial charge < -0.3 is 9.64 Å². The van der Waals surface area contributed by atoms with Crippen molar-refractivity contribution in [2.45, 2.75) is 23.9 Å². The zero-order valence-electron chi connectivity index (χ0n) is 15.1. The quantitative estimate of drug-likeness (QED) is 0.443. The van der Waals surface area contributed by atoms with Crippen LogP contribution in [-0.2, 0) is 20.9 Å². The van der Waals surface area contributed by atoms with Crippen molar-refractivity contribution in [2.75, 3.05) is 12.8 Å². The molecule has 3 rings (SSSR count). The van der Waals surface area contributed by atoms with Gasteiger partial charge in [0.25, 0.3) is 5.91 Å². The fraction of sp³-hybridized carbons (Fsp3) is 0.250. The van der Waals surface area contributed by atoms with Gasteiger partial charge in [-0.2, -0.15) is 0 Å². The van der Waals surface area contributed by atoms with Crippen molar-refractivity contribution in [3.8, 4) is 0 Å². The molecule has 0 N–H and O–H groups in total. The van der Waals surface area contributed by atoms with Crippen LogP contribution in [0.5, 0.6) is 0 Å². The zero-order valence-corrected chi connectivity index (χ0v) is 16.8. The summed E-state index contributed by atoms with van der Waals surface area (Å²) in [6.07, 6.45) is -0.817. The van der Waals surface area contributed by atoms with Gasteiger partial charge in [0.05, 0.1) is 16.0 Å². The molecule has 7 heteroatoms. The molecule has 3 aromatic rings. The molecule has 0 unspecified atom stereocenters. The number of carbonyl (C=O) groups is 2. The standard InChI is InChI=1S/C20H20N2O3S2/c1-14(19(24)22(2)12-15-8-4-3-5-9-15)25-18(23)13-26-20-21-16-10-6-7-11-17(16)27-20/h3-11,14H,12-13H2,1-2H3/t14-/m0/s1. The number of benzene rings is 2. The number of thioether (sulfide) groups is 1. The molecule has 0 saturated heterocycles. The second-order valence-corrected chi connectivity index (χ2v) is 8.30. The van der Waals surface area contributed by atoms with Crippen molar-refractivity contribution in [3.63, 3.8) is 0 Å². The van der Waals surface area contributed by atoms with Crippen LogP contribution in [0.3, 0.4) is 0 Å². The van der Waals surface area contributed by atoms with Gasteiger partial charge in [-0.05, 0) is 24.6 Å². The van der Waals surface area contributed by atoms with Gasteiger partial charge in [0.2, 0.25) is 0 Å². The molecule has 0 saturated carbocycles. The van der Waals surface area contributed by atoms with E-state index >= 15 is 0 Å². The number of nitrogens with zero attached hydrogens (tertiary/aromatic N) is 2. The van der Waals surface area contributed by atoms with Crippen molar-refractivity contribution in [1.29, 1.82) is 0 Å². The molecule has 140 valence electrons. The second-order valence-electron chi connectivity index (χ2n) is 6.05. The molecule has 1 aromatic heterocycles. The highest BCUT2D eigenvalue weighted by Gasteiger charge is 2.22. The molecule has 0 radical (unpaired) electrons. The number of esters is 1. The molecule has 1 atom stereocenters. The van der Waals surface area contributed by atoms with Crippen molar-refractivity contribution >= 4 is 45.2 Å². The summed E-state index contributed by atoms with van der Waals surface area (Å²) in [5.41, 5.74) is 1.95. The van der Waals surface area contributed by atoms with Crippen LogP contribution in [-0.4, -0.2) is 40.7 Å². The number of para-hydroxylation sites is 1. The number of thiazole rings is 1. The predicted octanol–water partition coefficient (Wildman–Crippen LogP) is 3.98. The van der Waals surface area contributed by atoms with Crippen molar-refractivity contribution in [3.05, 3.63) is 60.2 Å². The van der Waals surface area contributed by atoms with Gasteiger partial charge in [0.1, 0.15) is 0 Å². The third-order valence-corrected chi connectivity index (χ3v) is 6.04. The number of amides is 1. The van der Waals surface area contributed by atoms with Crippen molar-refractivity contribution in [1.82, 2.24) is 9.88 Å². The number of hydrogen-bond acceptors (Lipinski definition) is 6. The van der Waals surface area contributed by atoms with Gasteiger partial charge in [-0.3, -0.25) is 9.59 Å². The third kappa shape index (κ3) is 5.30. The van der Waals surface area contributed by atoms with Crippen LogP contribution in [0.1, 0.15) is 12.5 Å². The third-order valence-electron chi connectivity index (χ3n) is 3.88. The maximum Gasteiger partial charge on any atom is 0.317 e. The van der Waals surface area contributed by atoms with Crippen molar-refractivity contribution in [2.24, 2.45) is 0 Å². The summed E-state index contributed by atoms with van der Waals surface area (Å²) in [7, 11) is 1.70. The van der Waals surface area contributed by atoms with E-state index < -0.39 is 12.1 Å². The van der Waals surface area contributed by atoms with E-state index in [1.807, 2.05) is 54.6 Å². The fourth-order valence-electron chi connectivity index (χ4n) is 2.56. The maximum absolute atomic E-state index is 12.4. The Labute approximate surface area is 166 Å². The van der Waals surface area contributed by atoms with Gasteiger partial charge in [-0.25, -0.2) is 4.98 Å². The van der Waals surface area contributed by atoms with E-state index in [-0.39, 0.29) is 11.7 Å². The molecule has 0 aliphatic heterocycles. The zero-order chi connectivity index (χ0) is 19.2. The Bertz CT molecular complexity index is 894. The van der Waals surface area contributed by atoms with E-state index in [2.05, 4.69) is 4.98 Å². The molecule has 1 amide bonds. The normalized spacial score (nSPS) is 11.9. The fourth-order valence-corrected chi connectivity index (χ4v) is 4.41. The number of ether oxygens (including phenoxy) is 1. The van der Waals surface area contributed by atoms with Gasteiger partial charge in [0, 0.05) is 13.6 Å². The molecule has 0 bridgehead atoms. The van der Waals surface area contributed by atoms with E-state index in [9.17, 15) is 9.59 Å². The highest BCUT2D eigenvalue weighted by molar-refractivity contribution is 8.01. The lowest BCUT2D eigenvalue weighted by Gasteiger charge is -2.21. The first kappa shape index (κ1) is 19.4. The summed E-state index contributed by atoms with van der Waals surface area (Å²) < 4.78 is 7.19. The minimum atomic E-state index is -0.817. The van der Waals surface area contributed by atoms with Crippen LogP contribution < -0.4 is 0 Å². The Hall–Kier alpha value is -2.38. The van der Waals surface area contributed by atoms with Gasteiger partial charge in [0.15, 0.2) is 10.4 Å². The number of fused-ring (bicyclic) bond motifs is 1. The Morgan fingerprint density at radius 2 is 1.85 bits per heavy atom. The Kier molecular flexibility index (Phi) is 6.47. The predicted molar refractivity (Wildman–Crippen MR) is 109 cm³/mol. The summed E-state index contributed by atoms with van der Waals surface area (Å²) in [5, 5.41) is 0. The van der Waals surface area contributed by atoms with Gasteiger partial charge in [-0.1, -0.05) is 54.2 Å². The SMILES string of the molecule is C[C@H](OC(=O)CSc1nc2ccccc2s1)C(=O)N(C)Cc1ccccc1. The maximum atomic E-state index is 12.4. The average molecular weight is 401 g/mol. The number of carbonyl (C=O) groups excluding carboxylic acids is 2. The average Bonchev–Trinajstić information content (AvgIpc) is 3.09. The first-order valence-corrected chi connectivity index (χ1v) is 10.3. The molecule has 5 nitrogen and oxygen atoms in total. The van der Waals surface area contributed by atoms with E-state index in [0.717, 1.165) is 20.1 Å². The first-order valence-electron chi connectivity index (χ1n) is 8.49. The number of aromatic nitrogens is 1. The highest BCUT2D eigenvalue weighted by atomic mass is 32.2. The first-order chi connectivity index (χ1) is 13.0. The lowest BCUT2D eigenvalue weighted by atomic mass is 10.2. The lowest BCUT2D eigenvalue weighted by molar-refractivity contribution is -0.156. The molecular weight excluding hydrogens is 380 g/mol. The topological polar surface area (TPSA) is 59.5 Å². The molecular formula is C20H20N2O3S2. The van der Waals surface area contributed by atoms with E-state index in [0.29, 0.717) is 6.54 Å². The van der Waals surface area contributed by atoms with Crippen LogP contribution in [0.4, 0.5) is 0 Å². The molecule has 1 heterocycles. The minimum Gasteiger partial charge on any atom is -0.452 e. The largest absolute Gasteiger partial charge is 0.452 e. The molecule has 2 aromatic carbocycles. The van der Waals surface area contributed by atoms with Crippen LogP contribution >= 0.6 is 23.1 Å². The lowest BCUT2D eigenvalue weighted by Crippen LogP contribution is -2.37. The van der Waals surface area contributed by atoms with Crippen LogP contribution in [0, 0.1) is 0 Å². The summed E-state index contributed by atoms with van der Waals surface area (Å²) >= 11 is 2.87. The molecule has 0 aliphatic rings. The highest BCUT2D eigenvalue weighted by Crippen LogP contribution is 2.29. The molecule has 0 fully saturated rings. The smallest absolute Gasteiger partial charge is 0.317 e. The van der Waals surface area contributed by atoms with Crippen LogP contribution in [0.2, 0.25) is 0 Å². The summed E-state index contributed by atoms with van der Waals surface area (Å²) in [4.78, 5) is 30.5. The summed E-state index contributed by atoms with van der Waals surface area (Å²) in [6.45, 7) is 2.08. The second kappa shape index (κ2) is 9.01. The van der Waals surface area contributed by atoms with Gasteiger partial charge >= 0.3 is 5.97 Å². The Morgan fingerprint density at radius 3 is 2.59 bits per heavy atom. The number of likely N-dealkylation sites (N-methyl/N-ethyl adjacent to an activating group) is 1. The van der Waals surface area contributed by atoms with Crippen LogP contribution in [0.25, 0.3) is 10.2 Å². The Morgan fingerprint density at radius 1 is 1.15 bits per heavy atom.